The molecule has 0 atom stereocenters. The number of halogens is 1. The van der Waals surface area contributed by atoms with Crippen LogP contribution in [-0.2, 0) is 6.61 Å². The number of carbonyl (C=O) groups is 1. The Morgan fingerprint density at radius 2 is 1.85 bits per heavy atom. The van der Waals surface area contributed by atoms with E-state index in [1.807, 2.05) is 36.4 Å². The van der Waals surface area contributed by atoms with Crippen molar-refractivity contribution in [2.24, 2.45) is 0 Å². The first-order valence-electron chi connectivity index (χ1n) is 6.26. The molecule has 0 aliphatic heterocycles. The van der Waals surface area contributed by atoms with Gasteiger partial charge in [-0.1, -0.05) is 30.3 Å². The largest absolute Gasteiger partial charge is 0.488 e. The van der Waals surface area contributed by atoms with Crippen LogP contribution in [0.25, 0.3) is 0 Å². The van der Waals surface area contributed by atoms with Gasteiger partial charge in [0.25, 0.3) is 5.91 Å². The maximum absolute atomic E-state index is 11.9. The summed E-state index contributed by atoms with van der Waals surface area (Å²) in [7, 11) is 3.46. The van der Waals surface area contributed by atoms with Crippen LogP contribution in [0.15, 0.2) is 53.0 Å². The molecule has 0 aliphatic carbocycles. The molecule has 1 amide bonds. The lowest BCUT2D eigenvalue weighted by atomic mass is 10.2. The van der Waals surface area contributed by atoms with Gasteiger partial charge in [0.2, 0.25) is 0 Å². The molecular weight excluding hydrogens is 318 g/mol. The van der Waals surface area contributed by atoms with Crippen LogP contribution >= 0.6 is 15.9 Å². The van der Waals surface area contributed by atoms with E-state index in [4.69, 9.17) is 4.74 Å². The number of ether oxygens (including phenoxy) is 1. The Labute approximate surface area is 127 Å². The summed E-state index contributed by atoms with van der Waals surface area (Å²) in [5, 5.41) is 0. The molecule has 4 heteroatoms. The average Bonchev–Trinajstić information content (AvgIpc) is 2.46. The number of amides is 1. The maximum atomic E-state index is 11.9. The normalized spacial score (nSPS) is 10.2. The first kappa shape index (κ1) is 14.6. The minimum Gasteiger partial charge on any atom is -0.488 e. The molecule has 0 N–H and O–H groups in total. The fourth-order valence-electron chi connectivity index (χ4n) is 1.74. The van der Waals surface area contributed by atoms with E-state index >= 15 is 0 Å². The highest BCUT2D eigenvalue weighted by molar-refractivity contribution is 9.10. The number of carbonyl (C=O) groups excluding carboxylic acids is 1. The van der Waals surface area contributed by atoms with Gasteiger partial charge in [-0.2, -0.15) is 0 Å². The van der Waals surface area contributed by atoms with Gasteiger partial charge in [0, 0.05) is 19.7 Å². The summed E-state index contributed by atoms with van der Waals surface area (Å²) in [6.07, 6.45) is 0. The molecule has 0 radical (unpaired) electrons. The highest BCUT2D eigenvalue weighted by atomic mass is 79.9. The molecule has 2 rings (SSSR count). The Morgan fingerprint density at radius 3 is 2.50 bits per heavy atom. The minimum absolute atomic E-state index is 0.0398. The fraction of sp³-hybridized carbons (Fsp3) is 0.188. The zero-order chi connectivity index (χ0) is 14.5. The number of nitrogens with zero attached hydrogens (tertiary/aromatic N) is 1. The Kier molecular flexibility index (Phi) is 4.79. The van der Waals surface area contributed by atoms with Crippen molar-refractivity contribution in [3.8, 4) is 5.75 Å². The first-order chi connectivity index (χ1) is 9.58. The second-order valence-corrected chi connectivity index (χ2v) is 5.47. The lowest BCUT2D eigenvalue weighted by Crippen LogP contribution is -2.21. The van der Waals surface area contributed by atoms with Crippen LogP contribution < -0.4 is 4.74 Å². The van der Waals surface area contributed by atoms with Crippen LogP contribution in [-0.4, -0.2) is 24.9 Å². The van der Waals surface area contributed by atoms with Crippen molar-refractivity contribution in [1.29, 1.82) is 0 Å². The molecule has 0 unspecified atom stereocenters. The molecule has 104 valence electrons. The van der Waals surface area contributed by atoms with Crippen molar-refractivity contribution in [3.63, 3.8) is 0 Å². The van der Waals surface area contributed by atoms with Crippen molar-refractivity contribution in [2.75, 3.05) is 14.1 Å². The molecule has 0 aromatic heterocycles. The quantitative estimate of drug-likeness (QED) is 0.853. The number of rotatable bonds is 4. The van der Waals surface area contributed by atoms with Gasteiger partial charge in [0.05, 0.1) is 4.47 Å². The third-order valence-electron chi connectivity index (χ3n) is 2.82. The van der Waals surface area contributed by atoms with Crippen LogP contribution in [0.5, 0.6) is 5.75 Å². The molecule has 0 aliphatic rings. The van der Waals surface area contributed by atoms with E-state index in [1.54, 1.807) is 31.1 Å². The van der Waals surface area contributed by atoms with Crippen LogP contribution in [0, 0.1) is 0 Å². The average molecular weight is 334 g/mol. The Hall–Kier alpha value is -1.81. The van der Waals surface area contributed by atoms with Gasteiger partial charge >= 0.3 is 0 Å². The summed E-state index contributed by atoms with van der Waals surface area (Å²) in [6.45, 7) is 0.471. The van der Waals surface area contributed by atoms with Gasteiger partial charge in [0.1, 0.15) is 12.4 Å². The smallest absolute Gasteiger partial charge is 0.253 e. The van der Waals surface area contributed by atoms with Gasteiger partial charge in [-0.05, 0) is 39.7 Å². The predicted molar refractivity (Wildman–Crippen MR) is 82.9 cm³/mol. The monoisotopic (exact) mass is 333 g/mol. The summed E-state index contributed by atoms with van der Waals surface area (Å²) in [5.74, 6) is 0.628. The van der Waals surface area contributed by atoms with Crippen molar-refractivity contribution in [3.05, 3.63) is 64.1 Å². The van der Waals surface area contributed by atoms with Crippen molar-refractivity contribution < 1.29 is 9.53 Å². The van der Waals surface area contributed by atoms with E-state index < -0.39 is 0 Å². The second-order valence-electron chi connectivity index (χ2n) is 4.62. The van der Waals surface area contributed by atoms with Gasteiger partial charge in [0.15, 0.2) is 0 Å². The Balaban J connectivity index is 2.15. The zero-order valence-corrected chi connectivity index (χ0v) is 13.1. The van der Waals surface area contributed by atoms with Crippen LogP contribution in [0.3, 0.4) is 0 Å². The molecule has 0 saturated heterocycles. The van der Waals surface area contributed by atoms with Crippen molar-refractivity contribution in [1.82, 2.24) is 4.90 Å². The molecule has 0 heterocycles. The number of hydrogen-bond donors (Lipinski definition) is 0. The van der Waals surface area contributed by atoms with Crippen LogP contribution in [0.2, 0.25) is 0 Å². The predicted octanol–water partition coefficient (Wildman–Crippen LogP) is 3.73. The van der Waals surface area contributed by atoms with Crippen molar-refractivity contribution >= 4 is 21.8 Å². The Morgan fingerprint density at radius 1 is 1.15 bits per heavy atom. The molecule has 3 nitrogen and oxygen atoms in total. The van der Waals surface area contributed by atoms with Gasteiger partial charge in [-0.15, -0.1) is 0 Å². The minimum atomic E-state index is -0.0398. The van der Waals surface area contributed by atoms with E-state index in [-0.39, 0.29) is 5.91 Å². The van der Waals surface area contributed by atoms with E-state index in [0.717, 1.165) is 10.0 Å². The highest BCUT2D eigenvalue weighted by Gasteiger charge is 2.11. The highest BCUT2D eigenvalue weighted by Crippen LogP contribution is 2.27. The molecular formula is C16H16BrNO2. The van der Waals surface area contributed by atoms with E-state index in [2.05, 4.69) is 15.9 Å². The number of hydrogen-bond acceptors (Lipinski definition) is 2. The molecule has 2 aromatic carbocycles. The van der Waals surface area contributed by atoms with Crippen LogP contribution in [0.1, 0.15) is 15.9 Å². The Bertz CT molecular complexity index is 597. The summed E-state index contributed by atoms with van der Waals surface area (Å²) in [6, 6.07) is 15.3. The van der Waals surface area contributed by atoms with E-state index in [9.17, 15) is 4.79 Å². The topological polar surface area (TPSA) is 29.5 Å². The summed E-state index contributed by atoms with van der Waals surface area (Å²) < 4.78 is 6.61. The van der Waals surface area contributed by atoms with E-state index in [0.29, 0.717) is 17.9 Å². The lowest BCUT2D eigenvalue weighted by molar-refractivity contribution is 0.0827. The third-order valence-corrected chi connectivity index (χ3v) is 3.48. The maximum Gasteiger partial charge on any atom is 0.253 e. The molecule has 0 fully saturated rings. The van der Waals surface area contributed by atoms with Gasteiger partial charge < -0.3 is 9.64 Å². The van der Waals surface area contributed by atoms with E-state index in [1.165, 1.54) is 0 Å². The third kappa shape index (κ3) is 3.61. The zero-order valence-electron chi connectivity index (χ0n) is 11.5. The SMILES string of the molecule is CN(C)C(=O)c1ccc(Br)c(OCc2ccccc2)c1. The summed E-state index contributed by atoms with van der Waals surface area (Å²) in [5.41, 5.74) is 1.70. The van der Waals surface area contributed by atoms with Crippen molar-refractivity contribution in [2.45, 2.75) is 6.61 Å². The summed E-state index contributed by atoms with van der Waals surface area (Å²) >= 11 is 3.44. The fourth-order valence-corrected chi connectivity index (χ4v) is 2.10. The second kappa shape index (κ2) is 6.57. The molecule has 0 bridgehead atoms. The number of benzene rings is 2. The lowest BCUT2D eigenvalue weighted by Gasteiger charge is -2.13. The first-order valence-corrected chi connectivity index (χ1v) is 7.05. The standard InChI is InChI=1S/C16H16BrNO2/c1-18(2)16(19)13-8-9-14(17)15(10-13)20-11-12-6-4-3-5-7-12/h3-10H,11H2,1-2H3. The van der Waals surface area contributed by atoms with Gasteiger partial charge in [-0.3, -0.25) is 4.79 Å². The molecule has 0 saturated carbocycles. The molecule has 0 spiro atoms. The molecule has 20 heavy (non-hydrogen) atoms. The van der Waals surface area contributed by atoms with Gasteiger partial charge in [-0.25, -0.2) is 0 Å². The summed E-state index contributed by atoms with van der Waals surface area (Å²) in [4.78, 5) is 13.5. The molecule has 2 aromatic rings. The van der Waals surface area contributed by atoms with Crippen LogP contribution in [0.4, 0.5) is 0 Å².